The number of aromatic nitrogens is 2. The monoisotopic (exact) mass is 387 g/mol. The molecule has 0 aliphatic heterocycles. The Morgan fingerprint density at radius 1 is 1.14 bits per heavy atom. The maximum absolute atomic E-state index is 12.9. The van der Waals surface area contributed by atoms with Gasteiger partial charge in [0, 0.05) is 29.0 Å². The summed E-state index contributed by atoms with van der Waals surface area (Å²) in [5.41, 5.74) is 2.34. The van der Waals surface area contributed by atoms with Gasteiger partial charge in [-0.25, -0.2) is 4.98 Å². The first-order valence-corrected chi connectivity index (χ1v) is 10.0. The van der Waals surface area contributed by atoms with Crippen LogP contribution in [0.2, 0.25) is 0 Å². The quantitative estimate of drug-likeness (QED) is 0.576. The number of carbonyl (C=O) groups is 1. The average Bonchev–Trinajstić information content (AvgIpc) is 3.37. The molecule has 5 nitrogen and oxygen atoms in total. The van der Waals surface area contributed by atoms with E-state index in [-0.39, 0.29) is 22.9 Å². The van der Waals surface area contributed by atoms with E-state index in [2.05, 4.69) is 16.4 Å². The van der Waals surface area contributed by atoms with Gasteiger partial charge in [-0.2, -0.15) is 0 Å². The van der Waals surface area contributed by atoms with Crippen LogP contribution in [0, 0.1) is 0 Å². The Morgan fingerprint density at radius 3 is 2.82 bits per heavy atom. The summed E-state index contributed by atoms with van der Waals surface area (Å²) in [6.45, 7) is 0. The van der Waals surface area contributed by atoms with Crippen LogP contribution in [0.5, 0.6) is 0 Å². The Hall–Kier alpha value is -3.25. The molecule has 1 aliphatic carbocycles. The zero-order chi connectivity index (χ0) is 19.1. The highest BCUT2D eigenvalue weighted by molar-refractivity contribution is 7.13. The van der Waals surface area contributed by atoms with Crippen molar-refractivity contribution in [3.63, 3.8) is 0 Å². The minimum Gasteiger partial charge on any atom is -0.349 e. The molecule has 0 atom stereocenters. The summed E-state index contributed by atoms with van der Waals surface area (Å²) >= 11 is 1.67. The van der Waals surface area contributed by atoms with Gasteiger partial charge in [-0.3, -0.25) is 9.59 Å². The van der Waals surface area contributed by atoms with Crippen LogP contribution in [0.4, 0.5) is 0 Å². The van der Waals surface area contributed by atoms with Crippen LogP contribution in [-0.4, -0.2) is 21.5 Å². The Kier molecular flexibility index (Phi) is 4.06. The maximum Gasteiger partial charge on any atom is 0.257 e. The van der Waals surface area contributed by atoms with E-state index in [0.29, 0.717) is 11.0 Å². The molecule has 1 N–H and O–H groups in total. The summed E-state index contributed by atoms with van der Waals surface area (Å²) in [4.78, 5) is 31.1. The average molecular weight is 387 g/mol. The third-order valence-electron chi connectivity index (χ3n) is 4.85. The van der Waals surface area contributed by atoms with Crippen LogP contribution < -0.4 is 10.7 Å². The molecule has 4 aromatic rings. The molecule has 0 bridgehead atoms. The molecule has 0 saturated heterocycles. The van der Waals surface area contributed by atoms with Gasteiger partial charge in [0.2, 0.25) is 5.43 Å². The highest BCUT2D eigenvalue weighted by atomic mass is 32.1. The van der Waals surface area contributed by atoms with E-state index in [4.69, 9.17) is 0 Å². The lowest BCUT2D eigenvalue weighted by Gasteiger charge is -2.13. The minimum absolute atomic E-state index is 0.147. The molecule has 6 heteroatoms. The van der Waals surface area contributed by atoms with E-state index in [1.807, 2.05) is 40.3 Å². The van der Waals surface area contributed by atoms with E-state index in [1.54, 1.807) is 35.9 Å². The standard InChI is InChI=1S/C22H17N3O2S/c26-20-17-6-2-10-23-21(17)25(13-18(20)22(27)24-15-8-9-15)16-5-1-4-14(12-16)19-7-3-11-28-19/h1-7,10-13,15H,8-9H2,(H,24,27). The molecule has 0 unspecified atom stereocenters. The number of pyridine rings is 2. The van der Waals surface area contributed by atoms with Gasteiger partial charge in [0.15, 0.2) is 0 Å². The highest BCUT2D eigenvalue weighted by Gasteiger charge is 2.26. The molecule has 1 aliphatic rings. The molecule has 5 rings (SSSR count). The van der Waals surface area contributed by atoms with Crippen molar-refractivity contribution in [3.05, 3.63) is 82.1 Å². The fraction of sp³-hybridized carbons (Fsp3) is 0.136. The van der Waals surface area contributed by atoms with E-state index in [9.17, 15) is 9.59 Å². The Bertz CT molecular complexity index is 1240. The van der Waals surface area contributed by atoms with Gasteiger partial charge in [0.05, 0.1) is 5.39 Å². The second kappa shape index (κ2) is 6.73. The van der Waals surface area contributed by atoms with Gasteiger partial charge in [-0.1, -0.05) is 18.2 Å². The lowest BCUT2D eigenvalue weighted by atomic mass is 10.1. The second-order valence-electron chi connectivity index (χ2n) is 6.89. The molecule has 1 aromatic carbocycles. The smallest absolute Gasteiger partial charge is 0.257 e. The van der Waals surface area contributed by atoms with Crippen molar-refractivity contribution in [3.8, 4) is 16.1 Å². The second-order valence-corrected chi connectivity index (χ2v) is 7.84. The molecule has 1 amide bonds. The summed E-state index contributed by atoms with van der Waals surface area (Å²) in [7, 11) is 0. The third kappa shape index (κ3) is 3.01. The number of nitrogens with zero attached hydrogens (tertiary/aromatic N) is 2. The molecular formula is C22H17N3O2S. The van der Waals surface area contributed by atoms with Crippen LogP contribution in [0.25, 0.3) is 27.2 Å². The van der Waals surface area contributed by atoms with E-state index in [0.717, 1.165) is 29.0 Å². The fourth-order valence-electron chi connectivity index (χ4n) is 3.26. The van der Waals surface area contributed by atoms with Gasteiger partial charge < -0.3 is 9.88 Å². The van der Waals surface area contributed by atoms with Crippen molar-refractivity contribution in [1.29, 1.82) is 0 Å². The maximum atomic E-state index is 12.9. The lowest BCUT2D eigenvalue weighted by Crippen LogP contribution is -2.31. The third-order valence-corrected chi connectivity index (χ3v) is 5.77. The van der Waals surface area contributed by atoms with Crippen molar-refractivity contribution in [2.45, 2.75) is 18.9 Å². The van der Waals surface area contributed by atoms with Gasteiger partial charge in [0.25, 0.3) is 5.91 Å². The van der Waals surface area contributed by atoms with Crippen molar-refractivity contribution in [2.75, 3.05) is 0 Å². The molecule has 28 heavy (non-hydrogen) atoms. The van der Waals surface area contributed by atoms with Crippen LogP contribution in [0.15, 0.2) is 71.1 Å². The highest BCUT2D eigenvalue weighted by Crippen LogP contribution is 2.27. The minimum atomic E-state index is -0.318. The van der Waals surface area contributed by atoms with Gasteiger partial charge in [-0.05, 0) is 54.1 Å². The number of hydrogen-bond acceptors (Lipinski definition) is 4. The summed E-state index contributed by atoms with van der Waals surface area (Å²) in [6, 6.07) is 15.7. The van der Waals surface area contributed by atoms with Crippen molar-refractivity contribution >= 4 is 28.3 Å². The van der Waals surface area contributed by atoms with Crippen LogP contribution in [-0.2, 0) is 0 Å². The summed E-state index contributed by atoms with van der Waals surface area (Å²) in [6.07, 6.45) is 5.21. The van der Waals surface area contributed by atoms with Crippen LogP contribution in [0.3, 0.4) is 0 Å². The summed E-state index contributed by atoms with van der Waals surface area (Å²) in [5, 5.41) is 5.39. The van der Waals surface area contributed by atoms with Crippen molar-refractivity contribution in [1.82, 2.24) is 14.9 Å². The van der Waals surface area contributed by atoms with E-state index >= 15 is 0 Å². The van der Waals surface area contributed by atoms with Crippen molar-refractivity contribution in [2.24, 2.45) is 0 Å². The predicted molar refractivity (Wildman–Crippen MR) is 111 cm³/mol. The van der Waals surface area contributed by atoms with Crippen LogP contribution in [0.1, 0.15) is 23.2 Å². The summed E-state index contributed by atoms with van der Waals surface area (Å²) < 4.78 is 1.83. The number of fused-ring (bicyclic) bond motifs is 1. The predicted octanol–water partition coefficient (Wildman–Crippen LogP) is 4.01. The van der Waals surface area contributed by atoms with Gasteiger partial charge in [0.1, 0.15) is 11.2 Å². The Morgan fingerprint density at radius 2 is 2.04 bits per heavy atom. The number of benzene rings is 1. The largest absolute Gasteiger partial charge is 0.349 e. The van der Waals surface area contributed by atoms with E-state index < -0.39 is 0 Å². The first-order valence-electron chi connectivity index (χ1n) is 9.16. The number of hydrogen-bond donors (Lipinski definition) is 1. The Labute approximate surface area is 165 Å². The van der Waals surface area contributed by atoms with Crippen LogP contribution >= 0.6 is 11.3 Å². The van der Waals surface area contributed by atoms with Gasteiger partial charge >= 0.3 is 0 Å². The first kappa shape index (κ1) is 16.9. The number of amides is 1. The fourth-order valence-corrected chi connectivity index (χ4v) is 3.99. The number of nitrogens with one attached hydrogen (secondary N) is 1. The molecule has 1 fully saturated rings. The SMILES string of the molecule is O=C(NC1CC1)c1cn(-c2cccc(-c3cccs3)c2)c2ncccc2c1=O. The zero-order valence-corrected chi connectivity index (χ0v) is 15.8. The molecule has 1 saturated carbocycles. The van der Waals surface area contributed by atoms with Crippen molar-refractivity contribution < 1.29 is 4.79 Å². The molecular weight excluding hydrogens is 370 g/mol. The lowest BCUT2D eigenvalue weighted by molar-refractivity contribution is 0.0949. The topological polar surface area (TPSA) is 64.0 Å². The van der Waals surface area contributed by atoms with Gasteiger partial charge in [-0.15, -0.1) is 11.3 Å². The molecule has 0 radical (unpaired) electrons. The first-order chi connectivity index (χ1) is 13.7. The number of thiophene rings is 1. The molecule has 138 valence electrons. The molecule has 0 spiro atoms. The molecule has 3 heterocycles. The summed E-state index contributed by atoms with van der Waals surface area (Å²) in [5.74, 6) is -0.318. The zero-order valence-electron chi connectivity index (χ0n) is 15.0. The number of carbonyl (C=O) groups excluding carboxylic acids is 1. The normalized spacial score (nSPS) is 13.6. The number of rotatable bonds is 4. The Balaban J connectivity index is 1.70. The molecule has 3 aromatic heterocycles. The van der Waals surface area contributed by atoms with E-state index in [1.165, 1.54) is 0 Å².